The van der Waals surface area contributed by atoms with Gasteiger partial charge in [-0.2, -0.15) is 0 Å². The number of rotatable bonds is 6. The monoisotopic (exact) mass is 227 g/mol. The highest BCUT2D eigenvalue weighted by Crippen LogP contribution is 2.22. The third kappa shape index (κ3) is 3.94. The molecule has 0 radical (unpaired) electrons. The summed E-state index contributed by atoms with van der Waals surface area (Å²) in [5, 5.41) is 3.35. The van der Waals surface area contributed by atoms with Crippen molar-refractivity contribution < 1.29 is 14.3 Å². The van der Waals surface area contributed by atoms with Crippen molar-refractivity contribution in [3.8, 4) is 0 Å². The summed E-state index contributed by atoms with van der Waals surface area (Å²) in [6.45, 7) is 5.28. The van der Waals surface area contributed by atoms with E-state index in [0.29, 0.717) is 24.3 Å². The summed E-state index contributed by atoms with van der Waals surface area (Å²) in [6.07, 6.45) is 4.42. The van der Waals surface area contributed by atoms with Gasteiger partial charge >= 0.3 is 5.97 Å². The Morgan fingerprint density at radius 2 is 2.19 bits per heavy atom. The van der Waals surface area contributed by atoms with Crippen molar-refractivity contribution in [2.75, 3.05) is 20.3 Å². The first kappa shape index (κ1) is 13.2. The Balaban J connectivity index is 2.11. The smallest absolute Gasteiger partial charge is 0.333 e. The molecule has 1 rings (SSSR count). The fourth-order valence-corrected chi connectivity index (χ4v) is 1.73. The molecule has 1 fully saturated rings. The number of nitrogens with one attached hydrogen (secondary N) is 1. The van der Waals surface area contributed by atoms with Crippen molar-refractivity contribution in [2.45, 2.75) is 38.8 Å². The second-order valence-corrected chi connectivity index (χ2v) is 4.03. The summed E-state index contributed by atoms with van der Waals surface area (Å²) in [5.74, 6) is -0.261. The van der Waals surface area contributed by atoms with Crippen LogP contribution in [0.2, 0.25) is 0 Å². The molecule has 0 heterocycles. The van der Waals surface area contributed by atoms with Gasteiger partial charge < -0.3 is 14.8 Å². The topological polar surface area (TPSA) is 47.6 Å². The molecular formula is C12H21NO3. The van der Waals surface area contributed by atoms with Crippen molar-refractivity contribution in [1.29, 1.82) is 0 Å². The van der Waals surface area contributed by atoms with Crippen molar-refractivity contribution in [2.24, 2.45) is 0 Å². The van der Waals surface area contributed by atoms with Crippen molar-refractivity contribution in [3.63, 3.8) is 0 Å². The van der Waals surface area contributed by atoms with Crippen LogP contribution in [-0.4, -0.2) is 38.4 Å². The molecule has 4 nitrogen and oxygen atoms in total. The van der Waals surface area contributed by atoms with Crippen molar-refractivity contribution in [1.82, 2.24) is 5.32 Å². The molecule has 0 amide bonds. The summed E-state index contributed by atoms with van der Waals surface area (Å²) in [7, 11) is 1.39. The lowest BCUT2D eigenvalue weighted by Gasteiger charge is -2.35. The minimum absolute atomic E-state index is 0.261. The van der Waals surface area contributed by atoms with E-state index in [1.165, 1.54) is 7.11 Å². The molecule has 0 unspecified atom stereocenters. The van der Waals surface area contributed by atoms with Gasteiger partial charge in [-0.05, 0) is 26.7 Å². The molecule has 16 heavy (non-hydrogen) atoms. The van der Waals surface area contributed by atoms with E-state index in [-0.39, 0.29) is 5.97 Å². The third-order valence-electron chi connectivity index (χ3n) is 2.82. The molecule has 0 saturated heterocycles. The predicted molar refractivity (Wildman–Crippen MR) is 62.2 cm³/mol. The minimum atomic E-state index is -0.261. The molecule has 92 valence electrons. The molecule has 0 bridgehead atoms. The molecule has 1 aliphatic carbocycles. The molecular weight excluding hydrogens is 206 g/mol. The second kappa shape index (κ2) is 6.66. The number of hydrogen-bond donors (Lipinski definition) is 1. The molecule has 0 aromatic carbocycles. The van der Waals surface area contributed by atoms with Gasteiger partial charge in [0.25, 0.3) is 0 Å². The van der Waals surface area contributed by atoms with E-state index >= 15 is 0 Å². The Hall–Kier alpha value is -0.870. The summed E-state index contributed by atoms with van der Waals surface area (Å²) >= 11 is 0. The molecule has 0 aromatic rings. The first-order valence-electron chi connectivity index (χ1n) is 5.77. The van der Waals surface area contributed by atoms with E-state index in [0.717, 1.165) is 19.4 Å². The molecule has 1 saturated carbocycles. The normalized spacial score (nSPS) is 25.1. The fraction of sp³-hybridized carbons (Fsp3) is 0.750. The zero-order chi connectivity index (χ0) is 12.0. The van der Waals surface area contributed by atoms with Crippen LogP contribution in [0.25, 0.3) is 0 Å². The Kier molecular flexibility index (Phi) is 5.49. The number of esters is 1. The Bertz CT molecular complexity index is 257. The Labute approximate surface area is 97.0 Å². The molecule has 1 N–H and O–H groups in total. The van der Waals surface area contributed by atoms with Crippen LogP contribution in [0, 0.1) is 0 Å². The maximum absolute atomic E-state index is 11.1. The first-order chi connectivity index (χ1) is 7.67. The van der Waals surface area contributed by atoms with Crippen LogP contribution in [-0.2, 0) is 14.3 Å². The third-order valence-corrected chi connectivity index (χ3v) is 2.82. The summed E-state index contributed by atoms with van der Waals surface area (Å²) in [5.41, 5.74) is 0.649. The summed E-state index contributed by atoms with van der Waals surface area (Å²) < 4.78 is 10.1. The quantitative estimate of drug-likeness (QED) is 0.548. The van der Waals surface area contributed by atoms with Gasteiger partial charge in [0.2, 0.25) is 0 Å². The van der Waals surface area contributed by atoms with Crippen LogP contribution >= 0.6 is 0 Å². The van der Waals surface area contributed by atoms with Crippen LogP contribution < -0.4 is 5.32 Å². The van der Waals surface area contributed by atoms with Gasteiger partial charge in [0.15, 0.2) is 0 Å². The van der Waals surface area contributed by atoms with Gasteiger partial charge in [0.05, 0.1) is 13.2 Å². The molecule has 1 aliphatic rings. The maximum Gasteiger partial charge on any atom is 0.333 e. The van der Waals surface area contributed by atoms with Crippen LogP contribution in [0.15, 0.2) is 11.6 Å². The molecule has 0 spiro atoms. The second-order valence-electron chi connectivity index (χ2n) is 4.03. The highest BCUT2D eigenvalue weighted by Gasteiger charge is 2.28. The van der Waals surface area contributed by atoms with Crippen LogP contribution in [0.4, 0.5) is 0 Å². The van der Waals surface area contributed by atoms with Gasteiger partial charge in [-0.3, -0.25) is 0 Å². The van der Waals surface area contributed by atoms with Gasteiger partial charge in [0, 0.05) is 24.8 Å². The molecule has 0 aromatic heterocycles. The lowest BCUT2D eigenvalue weighted by molar-refractivity contribution is -0.136. The maximum atomic E-state index is 11.1. The van der Waals surface area contributed by atoms with Gasteiger partial charge in [-0.25, -0.2) is 4.79 Å². The van der Waals surface area contributed by atoms with E-state index in [4.69, 9.17) is 4.74 Å². The van der Waals surface area contributed by atoms with Gasteiger partial charge in [-0.1, -0.05) is 6.08 Å². The number of methoxy groups -OCH3 is 1. The van der Waals surface area contributed by atoms with Crippen LogP contribution in [0.5, 0.6) is 0 Å². The lowest BCUT2D eigenvalue weighted by atomic mass is 9.89. The highest BCUT2D eigenvalue weighted by molar-refractivity contribution is 5.87. The largest absolute Gasteiger partial charge is 0.466 e. The van der Waals surface area contributed by atoms with Crippen molar-refractivity contribution in [3.05, 3.63) is 11.6 Å². The van der Waals surface area contributed by atoms with Gasteiger partial charge in [0.1, 0.15) is 0 Å². The lowest BCUT2D eigenvalue weighted by Crippen LogP contribution is -2.45. The molecule has 4 heteroatoms. The van der Waals surface area contributed by atoms with Crippen LogP contribution in [0.1, 0.15) is 26.7 Å². The van der Waals surface area contributed by atoms with Crippen molar-refractivity contribution >= 4 is 5.97 Å². The standard InChI is InChI=1S/C12H21NO3/c1-4-16-11-7-10(8-11)13-6-5-9(2)12(14)15-3/h5,10-11,13H,4,6-8H2,1-3H3/b9-5-. The van der Waals surface area contributed by atoms with E-state index in [1.54, 1.807) is 6.92 Å². The fourth-order valence-electron chi connectivity index (χ4n) is 1.73. The average molecular weight is 227 g/mol. The predicted octanol–water partition coefficient (Wildman–Crippen LogP) is 1.26. The number of carbonyl (C=O) groups is 1. The first-order valence-corrected chi connectivity index (χ1v) is 5.77. The number of carbonyl (C=O) groups excluding carboxylic acids is 1. The number of ether oxygens (including phenoxy) is 2. The van der Waals surface area contributed by atoms with E-state index in [9.17, 15) is 4.79 Å². The zero-order valence-electron chi connectivity index (χ0n) is 10.3. The molecule has 0 atom stereocenters. The van der Waals surface area contributed by atoms with E-state index in [1.807, 2.05) is 13.0 Å². The van der Waals surface area contributed by atoms with E-state index < -0.39 is 0 Å². The minimum Gasteiger partial charge on any atom is -0.466 e. The number of hydrogen-bond acceptors (Lipinski definition) is 4. The SMILES string of the molecule is CCOC1CC(NC/C=C(/C)C(=O)OC)C1. The Morgan fingerprint density at radius 3 is 2.75 bits per heavy atom. The van der Waals surface area contributed by atoms with Crippen LogP contribution in [0.3, 0.4) is 0 Å². The zero-order valence-corrected chi connectivity index (χ0v) is 10.3. The average Bonchev–Trinajstić information content (AvgIpc) is 2.24. The Morgan fingerprint density at radius 1 is 1.50 bits per heavy atom. The van der Waals surface area contributed by atoms with E-state index in [2.05, 4.69) is 10.1 Å². The van der Waals surface area contributed by atoms with Gasteiger partial charge in [-0.15, -0.1) is 0 Å². The molecule has 0 aliphatic heterocycles. The summed E-state index contributed by atoms with van der Waals surface area (Å²) in [4.78, 5) is 11.1. The highest BCUT2D eigenvalue weighted by atomic mass is 16.5. The summed E-state index contributed by atoms with van der Waals surface area (Å²) in [6, 6.07) is 0.526.